The number of fused-ring (bicyclic) bond motifs is 1. The number of hydrogen-bond acceptors (Lipinski definition) is 6. The van der Waals surface area contributed by atoms with Crippen LogP contribution in [-0.2, 0) is 4.79 Å². The number of ether oxygens (including phenoxy) is 1. The van der Waals surface area contributed by atoms with Crippen LogP contribution >= 0.6 is 11.8 Å². The number of rotatable bonds is 13. The zero-order valence-electron chi connectivity index (χ0n) is 19.9. The van der Waals surface area contributed by atoms with Gasteiger partial charge in [0.15, 0.2) is 0 Å². The van der Waals surface area contributed by atoms with Crippen molar-refractivity contribution in [3.8, 4) is 5.75 Å². The Morgan fingerprint density at radius 3 is 2.88 bits per heavy atom. The highest BCUT2D eigenvalue weighted by molar-refractivity contribution is 7.99. The molecule has 1 fully saturated rings. The third kappa shape index (κ3) is 7.59. The predicted octanol–water partition coefficient (Wildman–Crippen LogP) is 5.00. The summed E-state index contributed by atoms with van der Waals surface area (Å²) in [6.07, 6.45) is 5.94. The van der Waals surface area contributed by atoms with Crippen LogP contribution in [0.5, 0.6) is 5.75 Å². The van der Waals surface area contributed by atoms with Gasteiger partial charge in [-0.15, -0.1) is 0 Å². The minimum Gasteiger partial charge on any atom is -0.497 e. The standard InChI is InChI=1S/C26H38N2O4S/c1-3-15-33-16-14-28-13-11-19(20(18-28)5-9-26(30)31)4-8-25(29)22-10-12-27-24-7-6-21(32-2)17-23(22)24/h6-7,10,12,17,19-20,25,29H,3-5,8-9,11,13-16,18H2,1-2H3,(H,30,31)/t19?,20?,25-/m0/s1. The van der Waals surface area contributed by atoms with Gasteiger partial charge < -0.3 is 19.8 Å². The van der Waals surface area contributed by atoms with E-state index in [1.165, 1.54) is 12.2 Å². The minimum atomic E-state index is -0.721. The molecule has 7 heteroatoms. The molecule has 2 N–H and O–H groups in total. The van der Waals surface area contributed by atoms with Gasteiger partial charge in [-0.05, 0) is 86.1 Å². The average molecular weight is 475 g/mol. The van der Waals surface area contributed by atoms with Gasteiger partial charge in [0.05, 0.1) is 18.7 Å². The second-order valence-corrected chi connectivity index (χ2v) is 10.3. The lowest BCUT2D eigenvalue weighted by molar-refractivity contribution is -0.137. The van der Waals surface area contributed by atoms with Crippen molar-refractivity contribution >= 4 is 28.6 Å². The summed E-state index contributed by atoms with van der Waals surface area (Å²) in [6.45, 7) is 5.32. The molecular weight excluding hydrogens is 436 g/mol. The number of aliphatic hydroxyl groups excluding tert-OH is 1. The first-order chi connectivity index (χ1) is 16.0. The van der Waals surface area contributed by atoms with E-state index < -0.39 is 12.1 Å². The van der Waals surface area contributed by atoms with Crippen LogP contribution in [0.25, 0.3) is 10.9 Å². The summed E-state index contributed by atoms with van der Waals surface area (Å²) < 4.78 is 5.36. The van der Waals surface area contributed by atoms with Crippen molar-refractivity contribution in [1.29, 1.82) is 0 Å². The number of carboxylic acids is 1. The third-order valence-corrected chi connectivity index (χ3v) is 7.93. The van der Waals surface area contributed by atoms with Crippen LogP contribution in [0.1, 0.15) is 57.1 Å². The maximum Gasteiger partial charge on any atom is 0.303 e. The van der Waals surface area contributed by atoms with E-state index in [0.717, 1.165) is 60.4 Å². The van der Waals surface area contributed by atoms with Crippen molar-refractivity contribution in [2.45, 2.75) is 51.6 Å². The van der Waals surface area contributed by atoms with Gasteiger partial charge in [0.1, 0.15) is 5.75 Å². The molecule has 1 aromatic carbocycles. The number of hydrogen-bond donors (Lipinski definition) is 2. The Hall–Kier alpha value is -1.83. The van der Waals surface area contributed by atoms with E-state index in [1.807, 2.05) is 36.0 Å². The SMILES string of the molecule is CCCSCCN1CCC(CC[C@H](O)c2ccnc3ccc(OC)cc23)C(CCC(=O)O)C1. The molecule has 0 spiro atoms. The van der Waals surface area contributed by atoms with E-state index in [2.05, 4.69) is 16.8 Å². The molecule has 2 aromatic rings. The molecule has 33 heavy (non-hydrogen) atoms. The van der Waals surface area contributed by atoms with E-state index >= 15 is 0 Å². The molecule has 2 heterocycles. The number of likely N-dealkylation sites (tertiary alicyclic amines) is 1. The maximum absolute atomic E-state index is 11.2. The molecular formula is C26H38N2O4S. The van der Waals surface area contributed by atoms with Crippen molar-refractivity contribution in [3.63, 3.8) is 0 Å². The number of pyridine rings is 1. The van der Waals surface area contributed by atoms with E-state index in [0.29, 0.717) is 24.7 Å². The van der Waals surface area contributed by atoms with Crippen LogP contribution in [0.2, 0.25) is 0 Å². The lowest BCUT2D eigenvalue weighted by atomic mass is 9.79. The molecule has 0 amide bonds. The predicted molar refractivity (Wildman–Crippen MR) is 135 cm³/mol. The van der Waals surface area contributed by atoms with Gasteiger partial charge in [0, 0.05) is 36.8 Å². The molecule has 0 saturated carbocycles. The molecule has 1 aromatic heterocycles. The van der Waals surface area contributed by atoms with Crippen LogP contribution in [0.4, 0.5) is 0 Å². The Bertz CT molecular complexity index is 894. The first kappa shape index (κ1) is 25.8. The fourth-order valence-corrected chi connectivity index (χ4v) is 5.79. The van der Waals surface area contributed by atoms with Gasteiger partial charge in [-0.25, -0.2) is 0 Å². The van der Waals surface area contributed by atoms with Crippen LogP contribution in [0, 0.1) is 11.8 Å². The van der Waals surface area contributed by atoms with E-state index in [9.17, 15) is 15.0 Å². The molecule has 3 rings (SSSR count). The molecule has 0 radical (unpaired) electrons. The van der Waals surface area contributed by atoms with E-state index in [1.54, 1.807) is 13.3 Å². The molecule has 1 aliphatic heterocycles. The Kier molecular flexibility index (Phi) is 10.3. The number of thioether (sulfide) groups is 1. The van der Waals surface area contributed by atoms with E-state index in [4.69, 9.17) is 4.74 Å². The Morgan fingerprint density at radius 1 is 1.27 bits per heavy atom. The molecule has 3 atom stereocenters. The fourth-order valence-electron chi connectivity index (χ4n) is 4.91. The number of methoxy groups -OCH3 is 1. The van der Waals surface area contributed by atoms with Crippen molar-refractivity contribution in [2.24, 2.45) is 11.8 Å². The highest BCUT2D eigenvalue weighted by atomic mass is 32.2. The number of aliphatic hydroxyl groups is 1. The monoisotopic (exact) mass is 474 g/mol. The summed E-state index contributed by atoms with van der Waals surface area (Å²) in [6, 6.07) is 7.63. The van der Waals surface area contributed by atoms with Gasteiger partial charge >= 0.3 is 5.97 Å². The molecule has 182 valence electrons. The minimum absolute atomic E-state index is 0.219. The quantitative estimate of drug-likeness (QED) is 0.395. The summed E-state index contributed by atoms with van der Waals surface area (Å²) in [4.78, 5) is 18.2. The number of piperidine rings is 1. The summed E-state index contributed by atoms with van der Waals surface area (Å²) in [5, 5.41) is 21.2. The van der Waals surface area contributed by atoms with Gasteiger partial charge in [-0.3, -0.25) is 9.78 Å². The van der Waals surface area contributed by atoms with Gasteiger partial charge in [0.25, 0.3) is 0 Å². The Balaban J connectivity index is 1.62. The molecule has 6 nitrogen and oxygen atoms in total. The highest BCUT2D eigenvalue weighted by Crippen LogP contribution is 2.35. The molecule has 1 aliphatic rings. The number of carbonyl (C=O) groups is 1. The second kappa shape index (κ2) is 13.2. The van der Waals surface area contributed by atoms with Crippen LogP contribution in [0.3, 0.4) is 0 Å². The average Bonchev–Trinajstić information content (AvgIpc) is 2.83. The Labute approximate surface area is 201 Å². The van der Waals surface area contributed by atoms with Crippen molar-refractivity contribution in [2.75, 3.05) is 38.2 Å². The van der Waals surface area contributed by atoms with Crippen LogP contribution < -0.4 is 4.74 Å². The topological polar surface area (TPSA) is 82.9 Å². The van der Waals surface area contributed by atoms with Crippen molar-refractivity contribution < 1.29 is 19.7 Å². The van der Waals surface area contributed by atoms with Gasteiger partial charge in [0.2, 0.25) is 0 Å². The van der Waals surface area contributed by atoms with Crippen molar-refractivity contribution in [3.05, 3.63) is 36.0 Å². The lowest BCUT2D eigenvalue weighted by Crippen LogP contribution is -2.41. The molecule has 0 bridgehead atoms. The molecule has 1 saturated heterocycles. The number of benzene rings is 1. The zero-order chi connectivity index (χ0) is 23.6. The number of aromatic nitrogens is 1. The maximum atomic E-state index is 11.2. The van der Waals surface area contributed by atoms with Crippen molar-refractivity contribution in [1.82, 2.24) is 9.88 Å². The van der Waals surface area contributed by atoms with E-state index in [-0.39, 0.29) is 6.42 Å². The molecule has 0 aliphatic carbocycles. The molecule has 2 unspecified atom stereocenters. The number of nitrogens with zero attached hydrogens (tertiary/aromatic N) is 2. The summed E-state index contributed by atoms with van der Waals surface area (Å²) in [5.74, 6) is 3.19. The smallest absolute Gasteiger partial charge is 0.303 e. The van der Waals surface area contributed by atoms with Crippen LogP contribution in [0.15, 0.2) is 30.5 Å². The largest absolute Gasteiger partial charge is 0.497 e. The zero-order valence-corrected chi connectivity index (χ0v) is 20.7. The number of aliphatic carboxylic acids is 1. The summed E-state index contributed by atoms with van der Waals surface area (Å²) >= 11 is 2.00. The van der Waals surface area contributed by atoms with Crippen LogP contribution in [-0.4, -0.2) is 64.3 Å². The van der Waals surface area contributed by atoms with Gasteiger partial charge in [-0.1, -0.05) is 6.92 Å². The Morgan fingerprint density at radius 2 is 2.12 bits per heavy atom. The fraction of sp³-hybridized carbons (Fsp3) is 0.615. The van der Waals surface area contributed by atoms with Gasteiger partial charge in [-0.2, -0.15) is 11.8 Å². The first-order valence-electron chi connectivity index (χ1n) is 12.1. The lowest BCUT2D eigenvalue weighted by Gasteiger charge is -2.39. The highest BCUT2D eigenvalue weighted by Gasteiger charge is 2.30. The summed E-state index contributed by atoms with van der Waals surface area (Å²) in [5.41, 5.74) is 1.73. The normalized spacial score (nSPS) is 20.1. The summed E-state index contributed by atoms with van der Waals surface area (Å²) in [7, 11) is 1.64. The third-order valence-electron chi connectivity index (χ3n) is 6.76. The second-order valence-electron chi connectivity index (χ2n) is 9.03. The first-order valence-corrected chi connectivity index (χ1v) is 13.3. The number of carboxylic acid groups (broad SMARTS) is 1.